The summed E-state index contributed by atoms with van der Waals surface area (Å²) in [6.45, 7) is 1.77. The largest absolute Gasteiger partial charge is 0.416 e. The van der Waals surface area contributed by atoms with Gasteiger partial charge in [0.15, 0.2) is 0 Å². The molecule has 0 aliphatic rings. The monoisotopic (exact) mass is 380 g/mol. The van der Waals surface area contributed by atoms with Crippen LogP contribution in [-0.2, 0) is 19.6 Å². The maximum absolute atomic E-state index is 12.6. The van der Waals surface area contributed by atoms with E-state index in [1.54, 1.807) is 20.0 Å². The van der Waals surface area contributed by atoms with Gasteiger partial charge in [-0.3, -0.25) is 9.48 Å². The number of benzene rings is 1. The second-order valence-corrected chi connectivity index (χ2v) is 6.77. The molecule has 0 spiro atoms. The van der Waals surface area contributed by atoms with Crippen LogP contribution in [0.1, 0.15) is 32.3 Å². The van der Waals surface area contributed by atoms with Crippen molar-refractivity contribution >= 4 is 22.2 Å². The molecule has 0 atom stereocenters. The maximum atomic E-state index is 12.6. The van der Waals surface area contributed by atoms with E-state index in [0.717, 1.165) is 17.7 Å². The van der Waals surface area contributed by atoms with Crippen LogP contribution in [0.15, 0.2) is 36.5 Å². The second-order valence-electron chi connectivity index (χ2n) is 5.69. The van der Waals surface area contributed by atoms with Crippen molar-refractivity contribution in [2.75, 3.05) is 5.32 Å². The fourth-order valence-electron chi connectivity index (χ4n) is 2.39. The van der Waals surface area contributed by atoms with Crippen LogP contribution in [-0.4, -0.2) is 20.7 Å². The number of hydrogen-bond donors (Lipinski definition) is 1. The Morgan fingerprint density at radius 3 is 2.50 bits per heavy atom. The van der Waals surface area contributed by atoms with E-state index < -0.39 is 11.7 Å². The van der Waals surface area contributed by atoms with Crippen molar-refractivity contribution in [3.63, 3.8) is 0 Å². The van der Waals surface area contributed by atoms with E-state index in [4.69, 9.17) is 0 Å². The molecule has 3 aromatic rings. The molecule has 136 valence electrons. The molecule has 2 heterocycles. The van der Waals surface area contributed by atoms with Gasteiger partial charge in [0, 0.05) is 19.7 Å². The first kappa shape index (κ1) is 18.1. The number of aryl methyl sites for hydroxylation is 2. The predicted molar refractivity (Wildman–Crippen MR) is 92.3 cm³/mol. The molecule has 2 aromatic heterocycles. The number of hydrogen-bond acceptors (Lipinski definition) is 4. The number of amides is 1. The Kier molecular flexibility index (Phi) is 4.82. The fraction of sp³-hybridized carbons (Fsp3) is 0.235. The van der Waals surface area contributed by atoms with E-state index in [1.165, 1.54) is 34.3 Å². The normalized spacial score (nSPS) is 11.6. The molecule has 9 heteroatoms. The molecule has 0 aliphatic carbocycles. The molecule has 3 rings (SSSR count). The van der Waals surface area contributed by atoms with Crippen LogP contribution >= 0.6 is 11.3 Å². The Morgan fingerprint density at radius 2 is 1.92 bits per heavy atom. The van der Waals surface area contributed by atoms with Crippen LogP contribution in [0.2, 0.25) is 0 Å². The number of nitrogens with zero attached hydrogens (tertiary/aromatic N) is 3. The smallest absolute Gasteiger partial charge is 0.311 e. The molecule has 1 N–H and O–H groups in total. The fourth-order valence-corrected chi connectivity index (χ4v) is 3.39. The van der Waals surface area contributed by atoms with Gasteiger partial charge in [-0.05, 0) is 30.7 Å². The molecule has 0 radical (unpaired) electrons. The highest BCUT2D eigenvalue weighted by molar-refractivity contribution is 7.16. The summed E-state index contributed by atoms with van der Waals surface area (Å²) in [6.07, 6.45) is -2.42. The molecule has 1 amide bonds. The second kappa shape index (κ2) is 6.91. The first-order chi connectivity index (χ1) is 12.2. The Morgan fingerprint density at radius 1 is 1.23 bits per heavy atom. The summed E-state index contributed by atoms with van der Waals surface area (Å²) in [5.74, 6) is -0.294. The van der Waals surface area contributed by atoms with E-state index in [0.29, 0.717) is 27.8 Å². The van der Waals surface area contributed by atoms with Crippen LogP contribution < -0.4 is 5.32 Å². The zero-order valence-corrected chi connectivity index (χ0v) is 14.8. The van der Waals surface area contributed by atoms with Crippen molar-refractivity contribution < 1.29 is 18.0 Å². The number of rotatable bonds is 4. The lowest BCUT2D eigenvalue weighted by molar-refractivity contribution is -0.137. The third kappa shape index (κ3) is 3.93. The summed E-state index contributed by atoms with van der Waals surface area (Å²) in [4.78, 5) is 16.6. The summed E-state index contributed by atoms with van der Waals surface area (Å²) in [6, 6.07) is 6.59. The Balaban J connectivity index is 1.72. The number of nitrogens with one attached hydrogen (secondary N) is 1. The molecule has 0 bridgehead atoms. The molecule has 1 aromatic carbocycles. The van der Waals surface area contributed by atoms with Gasteiger partial charge in [0.1, 0.15) is 10.7 Å². The van der Waals surface area contributed by atoms with Crippen molar-refractivity contribution in [3.8, 4) is 0 Å². The molecule has 0 saturated heterocycles. The molecule has 0 aliphatic heterocycles. The van der Waals surface area contributed by atoms with Gasteiger partial charge < -0.3 is 5.32 Å². The highest BCUT2D eigenvalue weighted by Gasteiger charge is 2.29. The Hall–Kier alpha value is -2.68. The van der Waals surface area contributed by atoms with Crippen LogP contribution in [0.4, 0.5) is 18.2 Å². The number of carbonyl (C=O) groups excluding carboxylic acids is 1. The van der Waals surface area contributed by atoms with Gasteiger partial charge >= 0.3 is 6.18 Å². The highest BCUT2D eigenvalue weighted by atomic mass is 32.1. The Labute approximate surface area is 151 Å². The minimum Gasteiger partial charge on any atom is -0.311 e. The number of thiazole rings is 1. The zero-order valence-electron chi connectivity index (χ0n) is 14.0. The SMILES string of the molecule is Cc1nc(Cc2ccc(C(F)(F)F)cc2)sc1NC(=O)c1ccnn1C. The number of anilines is 1. The lowest BCUT2D eigenvalue weighted by Gasteiger charge is -2.06. The minimum absolute atomic E-state index is 0.294. The van der Waals surface area contributed by atoms with Gasteiger partial charge in [-0.2, -0.15) is 18.3 Å². The van der Waals surface area contributed by atoms with Gasteiger partial charge in [0.25, 0.3) is 5.91 Å². The van der Waals surface area contributed by atoms with E-state index in [2.05, 4.69) is 15.4 Å². The van der Waals surface area contributed by atoms with Crippen LogP contribution in [0.25, 0.3) is 0 Å². The minimum atomic E-state index is -4.35. The average molecular weight is 380 g/mol. The number of halogens is 3. The maximum Gasteiger partial charge on any atom is 0.416 e. The first-order valence-electron chi connectivity index (χ1n) is 7.66. The number of alkyl halides is 3. The summed E-state index contributed by atoms with van der Waals surface area (Å²) >= 11 is 1.30. The topological polar surface area (TPSA) is 59.8 Å². The van der Waals surface area contributed by atoms with Crippen molar-refractivity contribution in [3.05, 3.63) is 64.1 Å². The molecule has 0 unspecified atom stereocenters. The van der Waals surface area contributed by atoms with Gasteiger partial charge in [-0.15, -0.1) is 11.3 Å². The van der Waals surface area contributed by atoms with E-state index in [1.807, 2.05) is 0 Å². The summed E-state index contributed by atoms with van der Waals surface area (Å²) in [5.41, 5.74) is 1.12. The van der Waals surface area contributed by atoms with E-state index in [9.17, 15) is 18.0 Å². The van der Waals surface area contributed by atoms with Crippen molar-refractivity contribution in [2.45, 2.75) is 19.5 Å². The van der Waals surface area contributed by atoms with Gasteiger partial charge in [0.05, 0.1) is 16.3 Å². The van der Waals surface area contributed by atoms with Crippen molar-refractivity contribution in [1.29, 1.82) is 0 Å². The molecule has 26 heavy (non-hydrogen) atoms. The molecular weight excluding hydrogens is 365 g/mol. The van der Waals surface area contributed by atoms with Crippen LogP contribution in [0, 0.1) is 6.92 Å². The molecular formula is C17H15F3N4OS. The van der Waals surface area contributed by atoms with Crippen LogP contribution in [0.3, 0.4) is 0 Å². The summed E-state index contributed by atoms with van der Waals surface area (Å²) in [7, 11) is 1.67. The standard InChI is InChI=1S/C17H15F3N4OS/c1-10-16(23-15(25)13-7-8-21-24(13)2)26-14(22-10)9-11-3-5-12(6-4-11)17(18,19)20/h3-8H,9H2,1-2H3,(H,23,25). The number of carbonyl (C=O) groups is 1. The van der Waals surface area contributed by atoms with Crippen molar-refractivity contribution in [2.24, 2.45) is 7.05 Å². The van der Waals surface area contributed by atoms with Gasteiger partial charge in [-0.25, -0.2) is 4.98 Å². The predicted octanol–water partition coefficient (Wildman–Crippen LogP) is 4.05. The number of aromatic nitrogens is 3. The van der Waals surface area contributed by atoms with Crippen LogP contribution in [0.5, 0.6) is 0 Å². The summed E-state index contributed by atoms with van der Waals surface area (Å²) < 4.78 is 39.3. The quantitative estimate of drug-likeness (QED) is 0.743. The highest BCUT2D eigenvalue weighted by Crippen LogP contribution is 2.30. The van der Waals surface area contributed by atoms with Gasteiger partial charge in [-0.1, -0.05) is 12.1 Å². The van der Waals surface area contributed by atoms with Crippen molar-refractivity contribution in [1.82, 2.24) is 14.8 Å². The Bertz CT molecular complexity index is 928. The molecule has 0 saturated carbocycles. The van der Waals surface area contributed by atoms with Gasteiger partial charge in [0.2, 0.25) is 0 Å². The average Bonchev–Trinajstić information content (AvgIpc) is 3.13. The van der Waals surface area contributed by atoms with E-state index in [-0.39, 0.29) is 5.91 Å². The molecule has 5 nitrogen and oxygen atoms in total. The molecule has 0 fully saturated rings. The first-order valence-corrected chi connectivity index (χ1v) is 8.47. The van der Waals surface area contributed by atoms with E-state index >= 15 is 0 Å². The lowest BCUT2D eigenvalue weighted by Crippen LogP contribution is -2.15. The zero-order chi connectivity index (χ0) is 18.9. The lowest BCUT2D eigenvalue weighted by atomic mass is 10.1. The third-order valence-electron chi connectivity index (χ3n) is 3.76. The summed E-state index contributed by atoms with van der Waals surface area (Å²) in [5, 5.41) is 8.07. The third-order valence-corrected chi connectivity index (χ3v) is 4.83.